The summed E-state index contributed by atoms with van der Waals surface area (Å²) in [4.78, 5) is 14.0. The highest BCUT2D eigenvalue weighted by Gasteiger charge is 2.42. The third-order valence-corrected chi connectivity index (χ3v) is 5.72. The van der Waals surface area contributed by atoms with Gasteiger partial charge in [-0.1, -0.05) is 13.8 Å². The minimum Gasteiger partial charge on any atom is -0.481 e. The zero-order chi connectivity index (χ0) is 14.8. The fourth-order valence-electron chi connectivity index (χ4n) is 3.69. The molecule has 116 valence electrons. The van der Waals surface area contributed by atoms with E-state index < -0.39 is 11.4 Å². The number of nitrogens with zero attached hydrogens (tertiary/aromatic N) is 1. The maximum Gasteiger partial charge on any atom is 0.309 e. The molecule has 0 aromatic carbocycles. The minimum atomic E-state index is -0.606. The van der Waals surface area contributed by atoms with Crippen LogP contribution in [0.1, 0.15) is 59.3 Å². The molecule has 2 rings (SSSR count). The first kappa shape index (κ1) is 15.8. The van der Waals surface area contributed by atoms with E-state index in [9.17, 15) is 9.90 Å². The monoisotopic (exact) mass is 283 g/mol. The largest absolute Gasteiger partial charge is 0.481 e. The highest BCUT2D eigenvalue weighted by molar-refractivity contribution is 5.74. The van der Waals surface area contributed by atoms with Crippen molar-refractivity contribution in [2.45, 2.75) is 70.9 Å². The molecule has 20 heavy (non-hydrogen) atoms. The van der Waals surface area contributed by atoms with Crippen LogP contribution in [0.4, 0.5) is 0 Å². The zero-order valence-corrected chi connectivity index (χ0v) is 13.2. The first-order valence-corrected chi connectivity index (χ1v) is 8.06. The van der Waals surface area contributed by atoms with Gasteiger partial charge in [-0.25, -0.2) is 0 Å². The van der Waals surface area contributed by atoms with E-state index in [4.69, 9.17) is 4.74 Å². The summed E-state index contributed by atoms with van der Waals surface area (Å²) >= 11 is 0. The summed E-state index contributed by atoms with van der Waals surface area (Å²) < 4.78 is 5.92. The van der Waals surface area contributed by atoms with E-state index in [1.54, 1.807) is 0 Å². The summed E-state index contributed by atoms with van der Waals surface area (Å²) in [7, 11) is 0. The van der Waals surface area contributed by atoms with Crippen LogP contribution >= 0.6 is 0 Å². The van der Waals surface area contributed by atoms with Crippen LogP contribution in [-0.2, 0) is 9.53 Å². The number of ether oxygens (including phenoxy) is 1. The lowest BCUT2D eigenvalue weighted by molar-refractivity contribution is -0.154. The molecule has 2 unspecified atom stereocenters. The van der Waals surface area contributed by atoms with Crippen LogP contribution < -0.4 is 0 Å². The summed E-state index contributed by atoms with van der Waals surface area (Å²) in [6.45, 7) is 9.08. The molecule has 0 radical (unpaired) electrons. The Morgan fingerprint density at radius 3 is 2.45 bits per heavy atom. The van der Waals surface area contributed by atoms with Crippen molar-refractivity contribution in [1.29, 1.82) is 0 Å². The maximum atomic E-state index is 11.5. The predicted molar refractivity (Wildman–Crippen MR) is 78.8 cm³/mol. The molecule has 2 aliphatic rings. The third kappa shape index (κ3) is 3.01. The summed E-state index contributed by atoms with van der Waals surface area (Å²) in [6, 6.07) is 0.567. The normalized spacial score (nSPS) is 34.9. The highest BCUT2D eigenvalue weighted by atomic mass is 16.5. The van der Waals surface area contributed by atoms with Crippen LogP contribution in [-0.4, -0.2) is 47.3 Å². The second-order valence-electron chi connectivity index (χ2n) is 6.77. The molecule has 2 aliphatic heterocycles. The molecule has 2 saturated heterocycles. The standard InChI is InChI=1S/C16H29NO3/c1-4-15(3)12-13(6-11-20-15)17-9-7-16(5-2,8-10-17)14(18)19/h13H,4-12H2,1-3H3,(H,18,19). The van der Waals surface area contributed by atoms with Gasteiger partial charge in [-0.2, -0.15) is 0 Å². The fraction of sp³-hybridized carbons (Fsp3) is 0.938. The van der Waals surface area contributed by atoms with Crippen molar-refractivity contribution in [2.24, 2.45) is 5.41 Å². The number of hydrogen-bond acceptors (Lipinski definition) is 3. The van der Waals surface area contributed by atoms with Crippen molar-refractivity contribution in [3.05, 3.63) is 0 Å². The van der Waals surface area contributed by atoms with Crippen molar-refractivity contribution < 1.29 is 14.6 Å². The number of rotatable bonds is 4. The average molecular weight is 283 g/mol. The van der Waals surface area contributed by atoms with Gasteiger partial charge in [-0.15, -0.1) is 0 Å². The molecule has 2 atom stereocenters. The van der Waals surface area contributed by atoms with E-state index in [1.165, 1.54) is 0 Å². The number of likely N-dealkylation sites (tertiary alicyclic amines) is 1. The van der Waals surface area contributed by atoms with Crippen LogP contribution in [0.5, 0.6) is 0 Å². The van der Waals surface area contributed by atoms with Gasteiger partial charge in [-0.3, -0.25) is 4.79 Å². The molecule has 4 nitrogen and oxygen atoms in total. The molecule has 2 fully saturated rings. The van der Waals surface area contributed by atoms with Crippen molar-refractivity contribution in [1.82, 2.24) is 4.90 Å². The van der Waals surface area contributed by atoms with Gasteiger partial charge < -0.3 is 14.7 Å². The highest BCUT2D eigenvalue weighted by Crippen LogP contribution is 2.38. The first-order valence-electron chi connectivity index (χ1n) is 8.06. The quantitative estimate of drug-likeness (QED) is 0.862. The molecule has 4 heteroatoms. The van der Waals surface area contributed by atoms with Crippen LogP contribution in [0.15, 0.2) is 0 Å². The van der Waals surface area contributed by atoms with Crippen LogP contribution in [0.2, 0.25) is 0 Å². The number of carboxylic acids is 1. The summed E-state index contributed by atoms with van der Waals surface area (Å²) in [6.07, 6.45) is 5.54. The number of carboxylic acid groups (broad SMARTS) is 1. The van der Waals surface area contributed by atoms with E-state index in [-0.39, 0.29) is 5.60 Å². The first-order chi connectivity index (χ1) is 9.45. The van der Waals surface area contributed by atoms with Gasteiger partial charge in [0, 0.05) is 12.6 Å². The minimum absolute atomic E-state index is 0.00894. The smallest absolute Gasteiger partial charge is 0.309 e. The second-order valence-corrected chi connectivity index (χ2v) is 6.77. The van der Waals surface area contributed by atoms with Crippen LogP contribution in [0, 0.1) is 5.41 Å². The predicted octanol–water partition coefficient (Wildman–Crippen LogP) is 2.91. The van der Waals surface area contributed by atoms with Gasteiger partial charge in [0.25, 0.3) is 0 Å². The Morgan fingerprint density at radius 1 is 1.30 bits per heavy atom. The van der Waals surface area contributed by atoms with Gasteiger partial charge in [-0.05, 0) is 58.5 Å². The Bertz CT molecular complexity index is 350. The molecule has 0 aromatic heterocycles. The molecule has 0 spiro atoms. The molecule has 1 N–H and O–H groups in total. The molecular formula is C16H29NO3. The van der Waals surface area contributed by atoms with Gasteiger partial charge in [0.05, 0.1) is 11.0 Å². The van der Waals surface area contributed by atoms with Gasteiger partial charge in [0.1, 0.15) is 0 Å². The Kier molecular flexibility index (Phi) is 4.75. The van der Waals surface area contributed by atoms with Crippen molar-refractivity contribution >= 4 is 5.97 Å². The summed E-state index contributed by atoms with van der Waals surface area (Å²) in [5.74, 6) is -0.606. The molecule has 0 aromatic rings. The lowest BCUT2D eigenvalue weighted by atomic mass is 9.75. The summed E-state index contributed by atoms with van der Waals surface area (Å²) in [5, 5.41) is 9.47. The molecule has 0 aliphatic carbocycles. The van der Waals surface area contributed by atoms with E-state index in [0.29, 0.717) is 6.04 Å². The van der Waals surface area contributed by atoms with Gasteiger partial charge in [0.15, 0.2) is 0 Å². The SMILES string of the molecule is CCC1(C)CC(N2CCC(CC)(C(=O)O)CC2)CCO1. The molecule has 0 saturated carbocycles. The van der Waals surface area contributed by atoms with Crippen molar-refractivity contribution in [2.75, 3.05) is 19.7 Å². The topological polar surface area (TPSA) is 49.8 Å². The third-order valence-electron chi connectivity index (χ3n) is 5.72. The number of aliphatic carboxylic acids is 1. The molecular weight excluding hydrogens is 254 g/mol. The lowest BCUT2D eigenvalue weighted by Gasteiger charge is -2.46. The van der Waals surface area contributed by atoms with Crippen molar-refractivity contribution in [3.63, 3.8) is 0 Å². The van der Waals surface area contributed by atoms with E-state index >= 15 is 0 Å². The van der Waals surface area contributed by atoms with Crippen LogP contribution in [0.25, 0.3) is 0 Å². The molecule has 0 amide bonds. The number of carbonyl (C=O) groups is 1. The Labute approximate surface area is 122 Å². The van der Waals surface area contributed by atoms with Crippen LogP contribution in [0.3, 0.4) is 0 Å². The maximum absolute atomic E-state index is 11.5. The molecule has 2 heterocycles. The van der Waals surface area contributed by atoms with Crippen molar-refractivity contribution in [3.8, 4) is 0 Å². The summed E-state index contributed by atoms with van der Waals surface area (Å²) in [5.41, 5.74) is -0.468. The zero-order valence-electron chi connectivity index (χ0n) is 13.2. The van der Waals surface area contributed by atoms with E-state index in [1.807, 2.05) is 6.92 Å². The molecule has 0 bridgehead atoms. The van der Waals surface area contributed by atoms with Gasteiger partial charge in [0.2, 0.25) is 0 Å². The lowest BCUT2D eigenvalue weighted by Crippen LogP contribution is -2.52. The fourth-order valence-corrected chi connectivity index (χ4v) is 3.69. The Balaban J connectivity index is 1.95. The van der Waals surface area contributed by atoms with E-state index in [0.717, 1.165) is 58.2 Å². The Morgan fingerprint density at radius 2 is 1.95 bits per heavy atom. The average Bonchev–Trinajstić information content (AvgIpc) is 2.47. The Hall–Kier alpha value is -0.610. The van der Waals surface area contributed by atoms with Gasteiger partial charge >= 0.3 is 5.97 Å². The second kappa shape index (κ2) is 6.02. The number of hydrogen-bond donors (Lipinski definition) is 1. The van der Waals surface area contributed by atoms with E-state index in [2.05, 4.69) is 18.7 Å². The number of piperidine rings is 1.